The number of carbonyl (C=O) groups excluding carboxylic acids is 1. The molecule has 0 unspecified atom stereocenters. The number of aromatic nitrogens is 2. The molecule has 0 bridgehead atoms. The standard InChI is InChI=1S/C33H39N5O5S/c1-20-16-21(2)30(22(3)17-20)43-32-25(14-15-27(35-32)33(4,5)6)31(39)37-38(44-40)29-11-9-10-28(36-29)34-19-23-12-13-24(41-7)18-26(23)42-8/h9-18,44H,19H2,1-8H3,(H,34,36)(H,37,39). The Kier molecular flexibility index (Phi) is 10.1. The predicted molar refractivity (Wildman–Crippen MR) is 174 cm³/mol. The van der Waals surface area contributed by atoms with Gasteiger partial charge >= 0.3 is 0 Å². The fourth-order valence-corrected chi connectivity index (χ4v) is 4.96. The highest BCUT2D eigenvalue weighted by atomic mass is 32.2. The Bertz CT molecular complexity index is 1650. The lowest BCUT2D eigenvalue weighted by atomic mass is 9.91. The Morgan fingerprint density at radius 2 is 1.66 bits per heavy atom. The van der Waals surface area contributed by atoms with Gasteiger partial charge in [-0.3, -0.25) is 4.79 Å². The minimum absolute atomic E-state index is 0.157. The van der Waals surface area contributed by atoms with Gasteiger partial charge in [0.15, 0.2) is 5.82 Å². The summed E-state index contributed by atoms with van der Waals surface area (Å²) in [6.07, 6.45) is 0. The van der Waals surface area contributed by atoms with E-state index in [1.165, 1.54) is 0 Å². The summed E-state index contributed by atoms with van der Waals surface area (Å²) in [6, 6.07) is 18.2. The van der Waals surface area contributed by atoms with Crippen molar-refractivity contribution in [3.05, 3.63) is 94.2 Å². The van der Waals surface area contributed by atoms with Gasteiger partial charge in [0.2, 0.25) is 5.88 Å². The van der Waals surface area contributed by atoms with Gasteiger partial charge in [-0.05, 0) is 68.3 Å². The Balaban J connectivity index is 1.58. The van der Waals surface area contributed by atoms with E-state index in [1.807, 2.05) is 65.8 Å². The maximum atomic E-state index is 13.6. The largest absolute Gasteiger partial charge is 0.497 e. The molecule has 0 fully saturated rings. The molecule has 2 N–H and O–H groups in total. The summed E-state index contributed by atoms with van der Waals surface area (Å²) in [5.74, 6) is 2.36. The molecule has 4 rings (SSSR count). The number of nitrogens with zero attached hydrogens (tertiary/aromatic N) is 3. The molecule has 44 heavy (non-hydrogen) atoms. The summed E-state index contributed by atoms with van der Waals surface area (Å²) in [7, 11) is 3.19. The average Bonchev–Trinajstić information content (AvgIpc) is 2.99. The topological polar surface area (TPSA) is 115 Å². The SMILES string of the molecule is COc1ccc(CNc2cccc(N(NC(=O)c3ccc(C(C)(C)C)nc3Oc3c(C)cc(C)cc3C)[SH]=O)n2)c(OC)c1. The third-order valence-electron chi connectivity index (χ3n) is 6.87. The van der Waals surface area contributed by atoms with Gasteiger partial charge < -0.3 is 19.5 Å². The zero-order valence-electron chi connectivity index (χ0n) is 26.3. The van der Waals surface area contributed by atoms with E-state index < -0.39 is 17.8 Å². The van der Waals surface area contributed by atoms with E-state index in [-0.39, 0.29) is 22.7 Å². The molecule has 11 heteroatoms. The van der Waals surface area contributed by atoms with E-state index in [4.69, 9.17) is 19.2 Å². The van der Waals surface area contributed by atoms with Crippen LogP contribution in [0.15, 0.2) is 60.7 Å². The zero-order chi connectivity index (χ0) is 32.0. The smallest absolute Gasteiger partial charge is 0.276 e. The molecular weight excluding hydrogens is 578 g/mol. The Morgan fingerprint density at radius 3 is 2.30 bits per heavy atom. The van der Waals surface area contributed by atoms with E-state index in [0.717, 1.165) is 32.4 Å². The fourth-order valence-electron chi connectivity index (χ4n) is 4.63. The highest BCUT2D eigenvalue weighted by Crippen LogP contribution is 2.33. The minimum atomic E-state index is -0.554. The molecule has 0 atom stereocenters. The molecule has 2 aromatic heterocycles. The molecule has 4 aromatic rings. The third kappa shape index (κ3) is 7.65. The first-order valence-electron chi connectivity index (χ1n) is 14.1. The van der Waals surface area contributed by atoms with Gasteiger partial charge in [0.05, 0.1) is 14.2 Å². The fraction of sp³-hybridized carbons (Fsp3) is 0.303. The van der Waals surface area contributed by atoms with E-state index >= 15 is 0 Å². The number of anilines is 2. The van der Waals surface area contributed by atoms with Crippen molar-refractivity contribution in [3.63, 3.8) is 0 Å². The van der Waals surface area contributed by atoms with Crippen LogP contribution in [0, 0.1) is 20.8 Å². The van der Waals surface area contributed by atoms with Gasteiger partial charge in [0.1, 0.15) is 40.5 Å². The number of aryl methyl sites for hydroxylation is 3. The number of hydrogen-bond donors (Lipinski definition) is 3. The molecule has 0 aliphatic heterocycles. The van der Waals surface area contributed by atoms with Crippen molar-refractivity contribution < 1.29 is 23.2 Å². The monoisotopic (exact) mass is 617 g/mol. The lowest BCUT2D eigenvalue weighted by Crippen LogP contribution is -2.40. The number of ether oxygens (including phenoxy) is 3. The molecule has 232 valence electrons. The van der Waals surface area contributed by atoms with Crippen molar-refractivity contribution >= 4 is 29.4 Å². The van der Waals surface area contributed by atoms with Crippen LogP contribution in [0.1, 0.15) is 59.1 Å². The van der Waals surface area contributed by atoms with Crippen LogP contribution >= 0.6 is 0 Å². The number of pyridine rings is 2. The van der Waals surface area contributed by atoms with Crippen molar-refractivity contribution in [2.24, 2.45) is 0 Å². The molecule has 0 aliphatic carbocycles. The molecule has 0 saturated heterocycles. The van der Waals surface area contributed by atoms with Crippen LogP contribution in [-0.4, -0.2) is 34.3 Å². The Morgan fingerprint density at radius 1 is 0.932 bits per heavy atom. The quantitative estimate of drug-likeness (QED) is 0.136. The van der Waals surface area contributed by atoms with Gasteiger partial charge in [-0.2, -0.15) is 4.41 Å². The highest BCUT2D eigenvalue weighted by Gasteiger charge is 2.24. The zero-order valence-corrected chi connectivity index (χ0v) is 27.2. The van der Waals surface area contributed by atoms with Gasteiger partial charge in [0, 0.05) is 29.3 Å². The number of amides is 1. The molecule has 2 heterocycles. The summed E-state index contributed by atoms with van der Waals surface area (Å²) >= 11 is -0.490. The number of hydrazine groups is 1. The van der Waals surface area contributed by atoms with Gasteiger partial charge in [-0.1, -0.05) is 44.5 Å². The van der Waals surface area contributed by atoms with E-state index in [9.17, 15) is 9.00 Å². The second kappa shape index (κ2) is 13.8. The van der Waals surface area contributed by atoms with Crippen LogP contribution in [0.4, 0.5) is 11.6 Å². The van der Waals surface area contributed by atoms with Crippen LogP contribution < -0.4 is 29.4 Å². The Hall–Kier alpha value is -4.64. The predicted octanol–water partition coefficient (Wildman–Crippen LogP) is 6.13. The van der Waals surface area contributed by atoms with Crippen LogP contribution in [-0.2, 0) is 23.8 Å². The van der Waals surface area contributed by atoms with E-state index in [0.29, 0.717) is 29.6 Å². The Labute approximate surface area is 262 Å². The normalized spacial score (nSPS) is 11.1. The van der Waals surface area contributed by atoms with Crippen LogP contribution in [0.2, 0.25) is 0 Å². The van der Waals surface area contributed by atoms with Crippen molar-refractivity contribution in [1.29, 1.82) is 0 Å². The molecule has 0 radical (unpaired) electrons. The van der Waals surface area contributed by atoms with Crippen LogP contribution in [0.3, 0.4) is 0 Å². The first-order valence-corrected chi connectivity index (χ1v) is 14.8. The summed E-state index contributed by atoms with van der Waals surface area (Å²) in [4.78, 5) is 22.9. The van der Waals surface area contributed by atoms with Crippen molar-refractivity contribution in [2.45, 2.75) is 53.5 Å². The van der Waals surface area contributed by atoms with Crippen molar-refractivity contribution in [1.82, 2.24) is 15.4 Å². The molecule has 1 amide bonds. The summed E-state index contributed by atoms with van der Waals surface area (Å²) in [5, 5.41) is 3.24. The number of carbonyl (C=O) groups is 1. The second-order valence-electron chi connectivity index (χ2n) is 11.4. The van der Waals surface area contributed by atoms with E-state index in [2.05, 4.69) is 15.7 Å². The number of hydrogen-bond acceptors (Lipinski definition) is 8. The number of nitrogens with one attached hydrogen (secondary N) is 2. The van der Waals surface area contributed by atoms with E-state index in [1.54, 1.807) is 50.6 Å². The van der Waals surface area contributed by atoms with Crippen LogP contribution in [0.25, 0.3) is 0 Å². The molecule has 0 saturated carbocycles. The van der Waals surface area contributed by atoms with Gasteiger partial charge in [0.25, 0.3) is 5.91 Å². The molecule has 10 nitrogen and oxygen atoms in total. The summed E-state index contributed by atoms with van der Waals surface area (Å²) in [5.41, 5.74) is 7.21. The first-order chi connectivity index (χ1) is 20.9. The average molecular weight is 618 g/mol. The van der Waals surface area contributed by atoms with Gasteiger partial charge in [-0.25, -0.2) is 19.6 Å². The number of thiol groups is 1. The van der Waals surface area contributed by atoms with Crippen LogP contribution in [0.5, 0.6) is 23.1 Å². The highest BCUT2D eigenvalue weighted by molar-refractivity contribution is 7.67. The van der Waals surface area contributed by atoms with Gasteiger partial charge in [-0.15, -0.1) is 0 Å². The molecular formula is C33H39N5O5S. The lowest BCUT2D eigenvalue weighted by molar-refractivity contribution is 0.0953. The molecule has 2 aromatic carbocycles. The third-order valence-corrected chi connectivity index (χ3v) is 7.34. The van der Waals surface area contributed by atoms with Crippen molar-refractivity contribution in [2.75, 3.05) is 24.0 Å². The molecule has 0 spiro atoms. The number of benzene rings is 2. The second-order valence-corrected chi connectivity index (χ2v) is 11.9. The maximum Gasteiger partial charge on any atom is 0.276 e. The number of methoxy groups -OCH3 is 2. The summed E-state index contributed by atoms with van der Waals surface area (Å²) in [6.45, 7) is 12.5. The van der Waals surface area contributed by atoms with Crippen molar-refractivity contribution in [3.8, 4) is 23.1 Å². The summed E-state index contributed by atoms with van der Waals surface area (Å²) < 4.78 is 30.4. The lowest BCUT2D eigenvalue weighted by Gasteiger charge is -2.22. The first kappa shape index (κ1) is 32.3. The maximum absolute atomic E-state index is 13.6. The molecule has 0 aliphatic rings. The minimum Gasteiger partial charge on any atom is -0.497 e. The number of rotatable bonds is 11.